The molecule has 2 heterocycles. The van der Waals surface area contributed by atoms with Gasteiger partial charge in [-0.3, -0.25) is 0 Å². The minimum Gasteiger partial charge on any atom is -0.477 e. The molecule has 1 saturated heterocycles. The molecule has 0 bridgehead atoms. The van der Waals surface area contributed by atoms with Gasteiger partial charge in [0.2, 0.25) is 0 Å². The maximum atomic E-state index is 11.0. The third-order valence-corrected chi connectivity index (χ3v) is 4.61. The molecule has 2 atom stereocenters. The van der Waals surface area contributed by atoms with Crippen molar-refractivity contribution < 1.29 is 14.6 Å². The Labute approximate surface area is 110 Å². The van der Waals surface area contributed by atoms with Crippen LogP contribution >= 0.6 is 11.3 Å². The van der Waals surface area contributed by atoms with Gasteiger partial charge in [0.25, 0.3) is 0 Å². The maximum Gasteiger partial charge on any atom is 0.346 e. The van der Waals surface area contributed by atoms with Crippen LogP contribution in [0.1, 0.15) is 21.7 Å². The lowest BCUT2D eigenvalue weighted by Crippen LogP contribution is -2.51. The minimum atomic E-state index is -0.860. The van der Waals surface area contributed by atoms with Gasteiger partial charge < -0.3 is 20.5 Å². The summed E-state index contributed by atoms with van der Waals surface area (Å²) in [6.45, 7) is 3.39. The molecule has 1 aromatic heterocycles. The van der Waals surface area contributed by atoms with Crippen molar-refractivity contribution in [3.63, 3.8) is 0 Å². The number of aromatic carboxylic acids is 1. The van der Waals surface area contributed by atoms with Crippen LogP contribution in [0.25, 0.3) is 0 Å². The quantitative estimate of drug-likeness (QED) is 0.866. The molecule has 1 aliphatic heterocycles. The average Bonchev–Trinajstić information content (AvgIpc) is 2.72. The van der Waals surface area contributed by atoms with Gasteiger partial charge >= 0.3 is 5.97 Å². The number of nitrogens with two attached hydrogens (primary N) is 1. The van der Waals surface area contributed by atoms with Crippen molar-refractivity contribution in [2.45, 2.75) is 25.5 Å². The molecule has 0 radical (unpaired) electrons. The van der Waals surface area contributed by atoms with Crippen LogP contribution in [0.15, 0.2) is 6.07 Å². The van der Waals surface area contributed by atoms with Gasteiger partial charge in [0.05, 0.1) is 11.1 Å². The summed E-state index contributed by atoms with van der Waals surface area (Å²) in [5.74, 6) is -0.860. The Kier molecular flexibility index (Phi) is 3.89. The van der Waals surface area contributed by atoms with Crippen LogP contribution in [0.5, 0.6) is 0 Å². The number of anilines is 1. The second kappa shape index (κ2) is 5.26. The van der Waals surface area contributed by atoms with E-state index in [4.69, 9.17) is 15.6 Å². The number of hydrogen-bond donors (Lipinski definition) is 2. The van der Waals surface area contributed by atoms with Crippen LogP contribution in [0.2, 0.25) is 0 Å². The molecule has 0 aliphatic carbocycles. The molecule has 0 aromatic carbocycles. The largest absolute Gasteiger partial charge is 0.477 e. The highest BCUT2D eigenvalue weighted by Crippen LogP contribution is 2.31. The Balaban J connectivity index is 2.17. The summed E-state index contributed by atoms with van der Waals surface area (Å²) in [4.78, 5) is 13.6. The van der Waals surface area contributed by atoms with Crippen LogP contribution in [-0.2, 0) is 4.74 Å². The molecule has 0 saturated carbocycles. The van der Waals surface area contributed by atoms with Crippen LogP contribution in [0, 0.1) is 6.92 Å². The average molecular weight is 270 g/mol. The van der Waals surface area contributed by atoms with E-state index >= 15 is 0 Å². The lowest BCUT2D eigenvalue weighted by Gasteiger charge is -2.36. The van der Waals surface area contributed by atoms with E-state index in [-0.39, 0.29) is 12.1 Å². The van der Waals surface area contributed by atoms with Crippen molar-refractivity contribution >= 4 is 22.3 Å². The number of nitrogens with zero attached hydrogens (tertiary/aromatic N) is 1. The number of carbonyl (C=O) groups is 1. The highest BCUT2D eigenvalue weighted by molar-refractivity contribution is 7.18. The zero-order valence-electron chi connectivity index (χ0n) is 10.5. The number of methoxy groups -OCH3 is 1. The Bertz CT molecular complexity index is 447. The molecule has 0 spiro atoms. The van der Waals surface area contributed by atoms with Gasteiger partial charge in [-0.25, -0.2) is 4.79 Å². The van der Waals surface area contributed by atoms with Crippen LogP contribution in [-0.4, -0.2) is 43.4 Å². The number of carboxylic acids is 1. The predicted octanol–water partition coefficient (Wildman–Crippen LogP) is 1.31. The molecule has 1 aliphatic rings. The number of ether oxygens (including phenoxy) is 1. The van der Waals surface area contributed by atoms with Gasteiger partial charge in [0.15, 0.2) is 0 Å². The first-order valence-electron chi connectivity index (χ1n) is 5.90. The van der Waals surface area contributed by atoms with E-state index in [9.17, 15) is 4.79 Å². The van der Waals surface area contributed by atoms with Crippen molar-refractivity contribution in [2.24, 2.45) is 5.73 Å². The molecule has 2 rings (SSSR count). The molecule has 18 heavy (non-hydrogen) atoms. The fourth-order valence-electron chi connectivity index (χ4n) is 2.22. The fraction of sp³-hybridized carbons (Fsp3) is 0.583. The van der Waals surface area contributed by atoms with Gasteiger partial charge in [-0.1, -0.05) is 0 Å². The second-order valence-electron chi connectivity index (χ2n) is 4.57. The summed E-state index contributed by atoms with van der Waals surface area (Å²) in [5.41, 5.74) is 6.78. The lowest BCUT2D eigenvalue weighted by atomic mass is 10.0. The number of hydrogen-bond acceptors (Lipinski definition) is 5. The number of aryl methyl sites for hydroxylation is 1. The number of rotatable bonds is 3. The van der Waals surface area contributed by atoms with Crippen LogP contribution in [0.3, 0.4) is 0 Å². The van der Waals surface area contributed by atoms with E-state index in [2.05, 4.69) is 4.90 Å². The number of piperidine rings is 1. The van der Waals surface area contributed by atoms with Crippen molar-refractivity contribution in [3.8, 4) is 0 Å². The Morgan fingerprint density at radius 2 is 2.39 bits per heavy atom. The van der Waals surface area contributed by atoms with Crippen molar-refractivity contribution in [3.05, 3.63) is 16.5 Å². The third kappa shape index (κ3) is 2.50. The lowest BCUT2D eigenvalue weighted by molar-refractivity contribution is 0.0701. The molecular weight excluding hydrogens is 252 g/mol. The van der Waals surface area contributed by atoms with E-state index in [0.717, 1.165) is 30.1 Å². The highest BCUT2D eigenvalue weighted by atomic mass is 32.1. The summed E-state index contributed by atoms with van der Waals surface area (Å²) in [6.07, 6.45) is 0.868. The topological polar surface area (TPSA) is 75.8 Å². The smallest absolute Gasteiger partial charge is 0.346 e. The first-order valence-corrected chi connectivity index (χ1v) is 6.71. The van der Waals surface area contributed by atoms with Gasteiger partial charge in [0.1, 0.15) is 4.88 Å². The molecule has 5 nitrogen and oxygen atoms in total. The first kappa shape index (κ1) is 13.3. The molecular formula is C12H18N2O3S. The second-order valence-corrected chi connectivity index (χ2v) is 5.61. The summed E-state index contributed by atoms with van der Waals surface area (Å²) in [5, 5.41) is 10.0. The van der Waals surface area contributed by atoms with Gasteiger partial charge in [-0.15, -0.1) is 11.3 Å². The zero-order chi connectivity index (χ0) is 13.3. The van der Waals surface area contributed by atoms with E-state index in [1.54, 1.807) is 7.11 Å². The van der Waals surface area contributed by atoms with Gasteiger partial charge in [-0.2, -0.15) is 0 Å². The summed E-state index contributed by atoms with van der Waals surface area (Å²) in [7, 11) is 1.66. The van der Waals surface area contributed by atoms with Crippen molar-refractivity contribution in [2.75, 3.05) is 25.1 Å². The van der Waals surface area contributed by atoms with Crippen LogP contribution < -0.4 is 10.6 Å². The highest BCUT2D eigenvalue weighted by Gasteiger charge is 2.28. The SMILES string of the molecule is CO[C@@H]1CN(c2cc(C)c(C(=O)O)s2)CC[C@@H]1N. The van der Waals surface area contributed by atoms with Crippen molar-refractivity contribution in [1.82, 2.24) is 0 Å². The molecule has 1 fully saturated rings. The van der Waals surface area contributed by atoms with E-state index < -0.39 is 5.97 Å². The number of carboxylic acid groups (broad SMARTS) is 1. The molecule has 1 aromatic rings. The van der Waals surface area contributed by atoms with E-state index in [0.29, 0.717) is 4.88 Å². The first-order chi connectivity index (χ1) is 8.52. The predicted molar refractivity (Wildman–Crippen MR) is 71.6 cm³/mol. The standard InChI is InChI=1S/C12H18N2O3S/c1-7-5-10(18-11(7)12(15)16)14-4-3-8(13)9(6-14)17-2/h5,8-9H,3-4,6,13H2,1-2H3,(H,15,16)/t8-,9+/m0/s1. The zero-order valence-corrected chi connectivity index (χ0v) is 11.4. The fourth-order valence-corrected chi connectivity index (χ4v) is 3.26. The van der Waals surface area contributed by atoms with E-state index in [1.807, 2.05) is 13.0 Å². The Morgan fingerprint density at radius 1 is 1.67 bits per heavy atom. The van der Waals surface area contributed by atoms with Gasteiger partial charge in [-0.05, 0) is 25.0 Å². The normalized spacial score (nSPS) is 24.3. The summed E-state index contributed by atoms with van der Waals surface area (Å²) in [6, 6.07) is 1.99. The van der Waals surface area contributed by atoms with Gasteiger partial charge in [0, 0.05) is 26.2 Å². The van der Waals surface area contributed by atoms with E-state index in [1.165, 1.54) is 11.3 Å². The molecule has 100 valence electrons. The monoisotopic (exact) mass is 270 g/mol. The summed E-state index contributed by atoms with van der Waals surface area (Å²) >= 11 is 1.32. The van der Waals surface area contributed by atoms with Crippen LogP contribution in [0.4, 0.5) is 5.00 Å². The van der Waals surface area contributed by atoms with Crippen molar-refractivity contribution in [1.29, 1.82) is 0 Å². The molecule has 3 N–H and O–H groups in total. The minimum absolute atomic E-state index is 0.00874. The molecule has 6 heteroatoms. The number of thiophene rings is 1. The Hall–Kier alpha value is -1.11. The Morgan fingerprint density at radius 3 is 2.94 bits per heavy atom. The third-order valence-electron chi connectivity index (χ3n) is 3.32. The summed E-state index contributed by atoms with van der Waals surface area (Å²) < 4.78 is 5.36. The molecule has 0 unspecified atom stereocenters. The maximum absolute atomic E-state index is 11.0. The molecule has 0 amide bonds.